The van der Waals surface area contributed by atoms with Crippen molar-refractivity contribution < 1.29 is 22.7 Å². The van der Waals surface area contributed by atoms with E-state index >= 15 is 0 Å². The largest absolute Gasteiger partial charge is 0.464 e. The highest BCUT2D eigenvalue weighted by Gasteiger charge is 2.25. The molecule has 33 heavy (non-hydrogen) atoms. The summed E-state index contributed by atoms with van der Waals surface area (Å²) in [6.07, 6.45) is 3.92. The molecular weight excluding hydrogens is 440 g/mol. The summed E-state index contributed by atoms with van der Waals surface area (Å²) in [5.41, 5.74) is 2.97. The number of sulfonamides is 1. The van der Waals surface area contributed by atoms with Gasteiger partial charge >= 0.3 is 5.97 Å². The number of carbonyl (C=O) groups is 2. The van der Waals surface area contributed by atoms with Crippen molar-refractivity contribution in [3.05, 3.63) is 65.2 Å². The molecule has 0 saturated carbocycles. The Balaban J connectivity index is 1.35. The predicted molar refractivity (Wildman–Crippen MR) is 126 cm³/mol. The van der Waals surface area contributed by atoms with Crippen molar-refractivity contribution in [3.63, 3.8) is 0 Å². The molecule has 0 bridgehead atoms. The van der Waals surface area contributed by atoms with E-state index in [1.807, 2.05) is 31.2 Å². The van der Waals surface area contributed by atoms with E-state index in [1.165, 1.54) is 9.87 Å². The summed E-state index contributed by atoms with van der Waals surface area (Å²) in [4.78, 5) is 24.3. The summed E-state index contributed by atoms with van der Waals surface area (Å²) in [5, 5.41) is 2.75. The molecule has 8 heteroatoms. The van der Waals surface area contributed by atoms with Gasteiger partial charge in [-0.3, -0.25) is 9.59 Å². The number of hydrogen-bond donors (Lipinski definition) is 1. The minimum absolute atomic E-state index is 0.0470. The zero-order valence-electron chi connectivity index (χ0n) is 19.1. The summed E-state index contributed by atoms with van der Waals surface area (Å²) < 4.78 is 32.1. The lowest BCUT2D eigenvalue weighted by Gasteiger charge is -2.25. The second-order valence-corrected chi connectivity index (χ2v) is 10.3. The van der Waals surface area contributed by atoms with E-state index in [0.717, 1.165) is 24.8 Å². The van der Waals surface area contributed by atoms with E-state index in [-0.39, 0.29) is 30.4 Å². The molecule has 2 aromatic carbocycles. The molecule has 1 aliphatic heterocycles. The first kappa shape index (κ1) is 24.9. The van der Waals surface area contributed by atoms with Gasteiger partial charge in [0.15, 0.2) is 0 Å². The highest BCUT2D eigenvalue weighted by Crippen LogP contribution is 2.21. The average molecular weight is 473 g/mol. The van der Waals surface area contributed by atoms with Gasteiger partial charge in [0.25, 0.3) is 0 Å². The van der Waals surface area contributed by atoms with Crippen LogP contribution in [0.5, 0.6) is 0 Å². The summed E-state index contributed by atoms with van der Waals surface area (Å²) in [6, 6.07) is 14.4. The number of benzene rings is 2. The van der Waals surface area contributed by atoms with Gasteiger partial charge in [0, 0.05) is 19.5 Å². The maximum atomic E-state index is 12.7. The number of ether oxygens (including phenoxy) is 1. The van der Waals surface area contributed by atoms with Gasteiger partial charge in [0.1, 0.15) is 6.61 Å². The van der Waals surface area contributed by atoms with Crippen molar-refractivity contribution >= 4 is 21.9 Å². The van der Waals surface area contributed by atoms with Crippen LogP contribution >= 0.6 is 0 Å². The monoisotopic (exact) mass is 472 g/mol. The van der Waals surface area contributed by atoms with Gasteiger partial charge in [-0.25, -0.2) is 8.42 Å². The topological polar surface area (TPSA) is 92.8 Å². The number of rotatable bonds is 10. The highest BCUT2D eigenvalue weighted by atomic mass is 32.2. The van der Waals surface area contributed by atoms with Crippen LogP contribution in [0.15, 0.2) is 53.4 Å². The quantitative estimate of drug-likeness (QED) is 0.424. The van der Waals surface area contributed by atoms with Crippen LogP contribution in [0.3, 0.4) is 0 Å². The van der Waals surface area contributed by atoms with Gasteiger partial charge in [0.05, 0.1) is 17.9 Å². The normalized spacial score (nSPS) is 14.6. The van der Waals surface area contributed by atoms with Crippen LogP contribution in [-0.2, 0) is 37.2 Å². The maximum absolute atomic E-state index is 12.7. The van der Waals surface area contributed by atoms with Gasteiger partial charge in [-0.05, 0) is 49.4 Å². The van der Waals surface area contributed by atoms with Crippen LogP contribution < -0.4 is 5.32 Å². The molecule has 1 saturated heterocycles. The second kappa shape index (κ2) is 12.0. The van der Waals surface area contributed by atoms with Gasteiger partial charge in [0.2, 0.25) is 15.9 Å². The first-order chi connectivity index (χ1) is 15.8. The number of hydrogen-bond acceptors (Lipinski definition) is 5. The summed E-state index contributed by atoms with van der Waals surface area (Å²) in [7, 11) is -3.48. The van der Waals surface area contributed by atoms with Gasteiger partial charge in [-0.1, -0.05) is 48.4 Å². The third-order valence-corrected chi connectivity index (χ3v) is 7.59. The maximum Gasteiger partial charge on any atom is 0.310 e. The predicted octanol–water partition coefficient (Wildman–Crippen LogP) is 3.00. The third-order valence-electron chi connectivity index (χ3n) is 5.67. The smallest absolute Gasteiger partial charge is 0.310 e. The Kier molecular flexibility index (Phi) is 9.03. The number of carbonyl (C=O) groups excluding carboxylic acids is 2. The van der Waals surface area contributed by atoms with E-state index in [0.29, 0.717) is 31.5 Å². The molecule has 0 spiro atoms. The minimum atomic E-state index is -3.48. The molecule has 7 nitrogen and oxygen atoms in total. The zero-order chi connectivity index (χ0) is 23.7. The molecule has 1 fully saturated rings. The lowest BCUT2D eigenvalue weighted by atomic mass is 10.1. The van der Waals surface area contributed by atoms with E-state index in [9.17, 15) is 18.0 Å². The van der Waals surface area contributed by atoms with E-state index in [4.69, 9.17) is 4.74 Å². The molecule has 0 atom stereocenters. The fourth-order valence-corrected chi connectivity index (χ4v) is 5.22. The van der Waals surface area contributed by atoms with Crippen LogP contribution in [0.4, 0.5) is 0 Å². The Hall–Kier alpha value is -2.71. The van der Waals surface area contributed by atoms with E-state index in [2.05, 4.69) is 5.32 Å². The molecule has 1 heterocycles. The molecule has 2 aromatic rings. The van der Waals surface area contributed by atoms with E-state index in [1.54, 1.807) is 24.3 Å². The molecule has 1 amide bonds. The molecule has 0 aliphatic carbocycles. The lowest BCUT2D eigenvalue weighted by molar-refractivity contribution is -0.143. The first-order valence-electron chi connectivity index (χ1n) is 11.4. The number of nitrogens with zero attached hydrogens (tertiary/aromatic N) is 1. The number of piperidine rings is 1. The lowest BCUT2D eigenvalue weighted by Crippen LogP contribution is -2.35. The van der Waals surface area contributed by atoms with Crippen LogP contribution in [0, 0.1) is 6.92 Å². The fourth-order valence-electron chi connectivity index (χ4n) is 3.71. The van der Waals surface area contributed by atoms with Crippen LogP contribution in [-0.4, -0.2) is 50.8 Å². The molecular formula is C25H32N2O5S. The number of amides is 1. The summed E-state index contributed by atoms with van der Waals surface area (Å²) in [5.74, 6) is -0.507. The number of nitrogens with one attached hydrogen (secondary N) is 1. The average Bonchev–Trinajstić information content (AvgIpc) is 2.82. The zero-order valence-corrected chi connectivity index (χ0v) is 19.9. The Morgan fingerprint density at radius 3 is 2.24 bits per heavy atom. The third kappa shape index (κ3) is 7.68. The van der Waals surface area contributed by atoms with Crippen LogP contribution in [0.2, 0.25) is 0 Å². The number of esters is 1. The Bertz CT molecular complexity index is 1030. The second-order valence-electron chi connectivity index (χ2n) is 8.34. The standard InChI is InChI=1S/C25H32N2O5S/c1-20-5-7-21(8-6-20)11-14-24(28)26-15-18-32-25(29)19-22-9-12-23(13-10-22)33(30,31)27-16-3-2-4-17-27/h5-10,12-13H,2-4,11,14-19H2,1H3,(H,26,28). The molecule has 0 radical (unpaired) electrons. The van der Waals surface area contributed by atoms with Gasteiger partial charge in [-0.15, -0.1) is 0 Å². The Labute approximate surface area is 196 Å². The van der Waals surface area contributed by atoms with Gasteiger partial charge in [-0.2, -0.15) is 4.31 Å². The van der Waals surface area contributed by atoms with Crippen molar-refractivity contribution in [1.29, 1.82) is 0 Å². The molecule has 0 aromatic heterocycles. The van der Waals surface area contributed by atoms with Crippen molar-refractivity contribution in [2.45, 2.75) is 50.3 Å². The van der Waals surface area contributed by atoms with Gasteiger partial charge < -0.3 is 10.1 Å². The summed E-state index contributed by atoms with van der Waals surface area (Å²) >= 11 is 0. The molecule has 3 rings (SSSR count). The fraction of sp³-hybridized carbons (Fsp3) is 0.440. The number of aryl methyl sites for hydroxylation is 2. The summed E-state index contributed by atoms with van der Waals surface area (Å²) in [6.45, 7) is 3.48. The minimum Gasteiger partial charge on any atom is -0.464 e. The molecule has 1 N–H and O–H groups in total. The molecule has 0 unspecified atom stereocenters. The van der Waals surface area contributed by atoms with Crippen molar-refractivity contribution in [2.75, 3.05) is 26.2 Å². The molecule has 1 aliphatic rings. The first-order valence-corrected chi connectivity index (χ1v) is 12.9. The Morgan fingerprint density at radius 2 is 1.58 bits per heavy atom. The van der Waals surface area contributed by atoms with Crippen LogP contribution in [0.1, 0.15) is 42.4 Å². The molecule has 178 valence electrons. The SMILES string of the molecule is Cc1ccc(CCC(=O)NCCOC(=O)Cc2ccc(S(=O)(=O)N3CCCCC3)cc2)cc1. The highest BCUT2D eigenvalue weighted by molar-refractivity contribution is 7.89. The van der Waals surface area contributed by atoms with Crippen molar-refractivity contribution in [2.24, 2.45) is 0 Å². The van der Waals surface area contributed by atoms with Crippen molar-refractivity contribution in [1.82, 2.24) is 9.62 Å². The van der Waals surface area contributed by atoms with Crippen molar-refractivity contribution in [3.8, 4) is 0 Å². The van der Waals surface area contributed by atoms with Crippen LogP contribution in [0.25, 0.3) is 0 Å². The Morgan fingerprint density at radius 1 is 0.939 bits per heavy atom. The van der Waals surface area contributed by atoms with E-state index < -0.39 is 16.0 Å².